The van der Waals surface area contributed by atoms with Crippen LogP contribution in [-0.4, -0.2) is 39.9 Å². The normalized spacial score (nSPS) is 22.1. The number of hydrogen-bond acceptors (Lipinski definition) is 3. The molecule has 21 heavy (non-hydrogen) atoms. The van der Waals surface area contributed by atoms with Gasteiger partial charge in [-0.25, -0.2) is 8.51 Å². The van der Waals surface area contributed by atoms with Crippen LogP contribution in [0.4, 0.5) is 5.69 Å². The number of benzene rings is 1. The Labute approximate surface area is 128 Å². The number of nitriles is 1. The summed E-state index contributed by atoms with van der Waals surface area (Å²) in [6.07, 6.45) is 4.53. The van der Waals surface area contributed by atoms with Gasteiger partial charge >= 0.3 is 0 Å². The van der Waals surface area contributed by atoms with Gasteiger partial charge in [-0.3, -0.25) is 0 Å². The molecule has 1 saturated heterocycles. The zero-order valence-corrected chi connectivity index (χ0v) is 13.0. The van der Waals surface area contributed by atoms with E-state index in [1.807, 2.05) is 24.3 Å². The summed E-state index contributed by atoms with van der Waals surface area (Å²) in [6.45, 7) is 3.69. The molecule has 1 unspecified atom stereocenters. The summed E-state index contributed by atoms with van der Waals surface area (Å²) < 4.78 is 14.6. The maximum absolute atomic E-state index is 12.4. The van der Waals surface area contributed by atoms with Gasteiger partial charge < -0.3 is 4.90 Å². The van der Waals surface area contributed by atoms with Gasteiger partial charge in [0.2, 0.25) is 0 Å². The lowest BCUT2D eigenvalue weighted by molar-refractivity contribution is 0.432. The fraction of sp³-hybridized carbons (Fsp3) is 0.562. The van der Waals surface area contributed by atoms with Crippen molar-refractivity contribution < 1.29 is 4.21 Å². The van der Waals surface area contributed by atoms with Crippen molar-refractivity contribution in [3.05, 3.63) is 29.8 Å². The number of nitrogens with zero attached hydrogens (tertiary/aromatic N) is 3. The van der Waals surface area contributed by atoms with Gasteiger partial charge in [0.15, 0.2) is 0 Å². The third kappa shape index (κ3) is 3.28. The van der Waals surface area contributed by atoms with E-state index in [1.54, 1.807) is 0 Å². The quantitative estimate of drug-likeness (QED) is 0.861. The monoisotopic (exact) mass is 303 g/mol. The van der Waals surface area contributed by atoms with Gasteiger partial charge in [0.05, 0.1) is 22.6 Å². The van der Waals surface area contributed by atoms with Crippen molar-refractivity contribution >= 4 is 16.7 Å². The molecule has 0 spiro atoms. The lowest BCUT2D eigenvalue weighted by Crippen LogP contribution is -2.39. The van der Waals surface area contributed by atoms with Crippen LogP contribution < -0.4 is 4.90 Å². The second-order valence-corrected chi connectivity index (χ2v) is 7.49. The minimum absolute atomic E-state index is 0.409. The maximum Gasteiger partial charge on any atom is 0.0991 e. The van der Waals surface area contributed by atoms with Crippen LogP contribution in [-0.2, 0) is 11.0 Å². The summed E-state index contributed by atoms with van der Waals surface area (Å²) in [6, 6.07) is 9.90. The Bertz CT molecular complexity index is 548. The highest BCUT2D eigenvalue weighted by molar-refractivity contribution is 7.83. The first-order chi connectivity index (χ1) is 10.3. The highest BCUT2D eigenvalue weighted by Crippen LogP contribution is 2.27. The second kappa shape index (κ2) is 6.59. The van der Waals surface area contributed by atoms with Gasteiger partial charge in [-0.1, -0.05) is 6.42 Å². The molecule has 2 fully saturated rings. The van der Waals surface area contributed by atoms with Gasteiger partial charge in [-0.2, -0.15) is 5.26 Å². The summed E-state index contributed by atoms with van der Waals surface area (Å²) in [4.78, 5) is 2.33. The van der Waals surface area contributed by atoms with Crippen LogP contribution >= 0.6 is 0 Å². The second-order valence-electron chi connectivity index (χ2n) is 5.76. The van der Waals surface area contributed by atoms with Crippen LogP contribution in [0.5, 0.6) is 0 Å². The molecule has 1 heterocycles. The van der Waals surface area contributed by atoms with E-state index in [0.717, 1.165) is 51.1 Å². The summed E-state index contributed by atoms with van der Waals surface area (Å²) in [5.41, 5.74) is 1.85. The lowest BCUT2D eigenvalue weighted by atomic mass is 10.0. The summed E-state index contributed by atoms with van der Waals surface area (Å²) in [5, 5.41) is 9.27. The first-order valence-corrected chi connectivity index (χ1v) is 8.85. The molecular weight excluding hydrogens is 282 g/mol. The first kappa shape index (κ1) is 14.6. The van der Waals surface area contributed by atoms with Gasteiger partial charge in [-0.05, 0) is 43.5 Å². The van der Waals surface area contributed by atoms with Crippen LogP contribution in [0.1, 0.15) is 31.2 Å². The molecule has 1 aromatic carbocycles. The summed E-state index contributed by atoms with van der Waals surface area (Å²) in [5.74, 6) is 0. The molecule has 112 valence electrons. The highest BCUT2D eigenvalue weighted by atomic mass is 32.2. The number of hydrogen-bond donors (Lipinski definition) is 0. The zero-order chi connectivity index (χ0) is 14.7. The van der Waals surface area contributed by atoms with Crippen LogP contribution in [0.3, 0.4) is 0 Å². The third-order valence-corrected chi connectivity index (χ3v) is 6.32. The molecular formula is C16H21N3OS. The van der Waals surface area contributed by atoms with Crippen molar-refractivity contribution in [2.24, 2.45) is 0 Å². The lowest BCUT2D eigenvalue weighted by Gasteiger charge is -2.30. The van der Waals surface area contributed by atoms with E-state index in [2.05, 4.69) is 15.3 Å². The molecule has 0 amide bonds. The Morgan fingerprint density at radius 2 is 1.81 bits per heavy atom. The van der Waals surface area contributed by atoms with Crippen molar-refractivity contribution in [2.45, 2.75) is 30.9 Å². The molecule has 5 heteroatoms. The van der Waals surface area contributed by atoms with Crippen LogP contribution in [0.2, 0.25) is 0 Å². The Hall–Kier alpha value is -1.38. The molecule has 3 rings (SSSR count). The minimum atomic E-state index is -0.788. The average molecular weight is 303 g/mol. The highest BCUT2D eigenvalue weighted by Gasteiger charge is 2.29. The Kier molecular flexibility index (Phi) is 4.57. The molecule has 1 aliphatic carbocycles. The van der Waals surface area contributed by atoms with E-state index in [4.69, 9.17) is 5.26 Å². The first-order valence-electron chi connectivity index (χ1n) is 7.68. The molecule has 1 aromatic rings. The van der Waals surface area contributed by atoms with E-state index in [1.165, 1.54) is 6.42 Å². The average Bonchev–Trinajstić information content (AvgIpc) is 2.71. The van der Waals surface area contributed by atoms with Crippen molar-refractivity contribution in [1.82, 2.24) is 4.31 Å². The number of rotatable bonds is 3. The molecule has 2 aliphatic rings. The molecule has 1 saturated carbocycles. The smallest absolute Gasteiger partial charge is 0.0991 e. The van der Waals surface area contributed by atoms with E-state index in [-0.39, 0.29) is 0 Å². The molecule has 0 aromatic heterocycles. The molecule has 1 atom stereocenters. The predicted octanol–water partition coefficient (Wildman–Crippen LogP) is 2.29. The van der Waals surface area contributed by atoms with Gasteiger partial charge in [0.25, 0.3) is 0 Å². The fourth-order valence-corrected chi connectivity index (χ4v) is 4.59. The van der Waals surface area contributed by atoms with E-state index < -0.39 is 11.0 Å². The van der Waals surface area contributed by atoms with Gasteiger partial charge in [0, 0.05) is 37.1 Å². The van der Waals surface area contributed by atoms with Crippen molar-refractivity contribution in [2.75, 3.05) is 31.1 Å². The number of anilines is 1. The Morgan fingerprint density at radius 1 is 1.05 bits per heavy atom. The standard InChI is InChI=1S/C16H21N3OS/c17-13-14-5-7-15(8-6-14)18-9-2-10-19(12-11-18)21(20)16-3-1-4-16/h5-8,16H,1-4,9-12H2. The zero-order valence-electron chi connectivity index (χ0n) is 12.2. The molecule has 4 nitrogen and oxygen atoms in total. The van der Waals surface area contributed by atoms with Crippen LogP contribution in [0.25, 0.3) is 0 Å². The predicted molar refractivity (Wildman–Crippen MR) is 85.3 cm³/mol. The summed E-state index contributed by atoms with van der Waals surface area (Å²) >= 11 is 0. The molecule has 0 N–H and O–H groups in total. The largest absolute Gasteiger partial charge is 0.370 e. The van der Waals surface area contributed by atoms with Crippen molar-refractivity contribution in [3.63, 3.8) is 0 Å². The van der Waals surface area contributed by atoms with E-state index in [0.29, 0.717) is 10.8 Å². The Balaban J connectivity index is 1.62. The minimum Gasteiger partial charge on any atom is -0.370 e. The van der Waals surface area contributed by atoms with Crippen LogP contribution in [0.15, 0.2) is 24.3 Å². The molecule has 0 radical (unpaired) electrons. The van der Waals surface area contributed by atoms with E-state index in [9.17, 15) is 4.21 Å². The fourth-order valence-electron chi connectivity index (χ4n) is 2.86. The van der Waals surface area contributed by atoms with E-state index >= 15 is 0 Å². The van der Waals surface area contributed by atoms with Crippen molar-refractivity contribution in [3.8, 4) is 6.07 Å². The molecule has 1 aliphatic heterocycles. The maximum atomic E-state index is 12.4. The SMILES string of the molecule is N#Cc1ccc(N2CCCN(S(=O)C3CCC3)CC2)cc1. The third-order valence-electron chi connectivity index (χ3n) is 4.41. The Morgan fingerprint density at radius 3 is 2.43 bits per heavy atom. The van der Waals surface area contributed by atoms with Gasteiger partial charge in [0.1, 0.15) is 0 Å². The van der Waals surface area contributed by atoms with Crippen molar-refractivity contribution in [1.29, 1.82) is 5.26 Å². The molecule has 0 bridgehead atoms. The van der Waals surface area contributed by atoms with Gasteiger partial charge in [-0.15, -0.1) is 0 Å². The topological polar surface area (TPSA) is 47.3 Å². The summed E-state index contributed by atoms with van der Waals surface area (Å²) in [7, 11) is -0.788. The van der Waals surface area contributed by atoms with Crippen LogP contribution in [0, 0.1) is 11.3 Å².